The van der Waals surface area contributed by atoms with Crippen LogP contribution in [0.2, 0.25) is 0 Å². The number of hydrogen-bond acceptors (Lipinski definition) is 6. The molecule has 8 heteroatoms. The molecule has 1 aromatic heterocycles. The van der Waals surface area contributed by atoms with Gasteiger partial charge in [-0.3, -0.25) is 4.79 Å². The minimum Gasteiger partial charge on any atom is -0.482 e. The number of benzene rings is 3. The number of aromatic nitrogens is 1. The lowest BCUT2D eigenvalue weighted by molar-refractivity contribution is -0.145. The van der Waals surface area contributed by atoms with Crippen molar-refractivity contribution in [1.29, 1.82) is 0 Å². The Labute approximate surface area is 195 Å². The molecule has 0 fully saturated rings. The van der Waals surface area contributed by atoms with Gasteiger partial charge in [-0.15, -0.1) is 0 Å². The van der Waals surface area contributed by atoms with Gasteiger partial charge in [-0.25, -0.2) is 14.2 Å². The fraction of sp³-hybridized carbons (Fsp3) is 0.115. The molecular weight excluding hydrogens is 439 g/mol. The molecule has 4 rings (SSSR count). The van der Waals surface area contributed by atoms with Crippen LogP contribution in [-0.2, 0) is 9.53 Å². The summed E-state index contributed by atoms with van der Waals surface area (Å²) in [4.78, 5) is 28.8. The minimum absolute atomic E-state index is 0.190. The molecule has 0 saturated heterocycles. The molecule has 0 radical (unpaired) electrons. The van der Waals surface area contributed by atoms with Gasteiger partial charge >= 0.3 is 5.97 Å². The van der Waals surface area contributed by atoms with Crippen molar-refractivity contribution in [2.24, 2.45) is 0 Å². The average Bonchev–Trinajstić information content (AvgIpc) is 3.33. The second-order valence-corrected chi connectivity index (χ2v) is 7.13. The molecule has 7 nitrogen and oxygen atoms in total. The lowest BCUT2D eigenvalue weighted by Gasteiger charge is -2.10. The molecule has 1 heterocycles. The zero-order valence-corrected chi connectivity index (χ0v) is 18.3. The van der Waals surface area contributed by atoms with Crippen molar-refractivity contribution in [2.45, 2.75) is 6.92 Å². The molecule has 0 aliphatic carbocycles. The van der Waals surface area contributed by atoms with E-state index in [-0.39, 0.29) is 30.4 Å². The maximum Gasteiger partial charge on any atom is 0.344 e. The molecule has 3 aromatic carbocycles. The number of halogens is 1. The number of carbonyl (C=O) groups is 2. The first-order valence-electron chi connectivity index (χ1n) is 10.5. The van der Waals surface area contributed by atoms with Gasteiger partial charge in [0.2, 0.25) is 5.89 Å². The topological polar surface area (TPSA) is 90.7 Å². The van der Waals surface area contributed by atoms with Crippen LogP contribution in [0.5, 0.6) is 5.75 Å². The number of esters is 1. The maximum atomic E-state index is 14.1. The number of nitrogens with zero attached hydrogens (tertiary/aromatic N) is 1. The Balaban J connectivity index is 1.53. The van der Waals surface area contributed by atoms with Crippen molar-refractivity contribution < 1.29 is 27.9 Å². The number of rotatable bonds is 8. The first-order chi connectivity index (χ1) is 16.5. The van der Waals surface area contributed by atoms with Crippen LogP contribution in [0.4, 0.5) is 10.1 Å². The van der Waals surface area contributed by atoms with Crippen LogP contribution >= 0.6 is 0 Å². The number of nitrogens with one attached hydrogen (secondary N) is 1. The van der Waals surface area contributed by atoms with Crippen molar-refractivity contribution in [1.82, 2.24) is 4.98 Å². The number of hydrogen-bond donors (Lipinski definition) is 1. The lowest BCUT2D eigenvalue weighted by Crippen LogP contribution is -2.15. The van der Waals surface area contributed by atoms with Crippen molar-refractivity contribution >= 4 is 17.6 Å². The van der Waals surface area contributed by atoms with Gasteiger partial charge in [-0.2, -0.15) is 0 Å². The molecule has 0 saturated carbocycles. The van der Waals surface area contributed by atoms with Gasteiger partial charge in [-0.1, -0.05) is 30.3 Å². The summed E-state index contributed by atoms with van der Waals surface area (Å²) in [6.07, 6.45) is 1.42. The Hall–Kier alpha value is -4.46. The van der Waals surface area contributed by atoms with Crippen molar-refractivity contribution in [3.05, 3.63) is 90.4 Å². The van der Waals surface area contributed by atoms with Gasteiger partial charge in [0, 0.05) is 17.3 Å². The first kappa shape index (κ1) is 22.7. The highest BCUT2D eigenvalue weighted by Gasteiger charge is 2.18. The molecule has 0 bridgehead atoms. The molecule has 0 aliphatic heterocycles. The summed E-state index contributed by atoms with van der Waals surface area (Å²) in [5.41, 5.74) is 1.53. The molecule has 1 amide bonds. The van der Waals surface area contributed by atoms with Crippen LogP contribution in [0.3, 0.4) is 0 Å². The second-order valence-electron chi connectivity index (χ2n) is 7.13. The van der Waals surface area contributed by atoms with E-state index in [1.807, 2.05) is 0 Å². The van der Waals surface area contributed by atoms with Gasteiger partial charge in [0.1, 0.15) is 11.6 Å². The van der Waals surface area contributed by atoms with Gasteiger partial charge in [0.15, 0.2) is 12.4 Å². The highest BCUT2D eigenvalue weighted by Crippen LogP contribution is 2.30. The van der Waals surface area contributed by atoms with Gasteiger partial charge in [0.25, 0.3) is 5.91 Å². The standard InChI is InChI=1S/C26H21FN2O5/c1-2-32-24(30)16-33-18-9-7-8-17(14-18)29-25(31)19-10-3-4-11-20(19)26-28-15-23(34-26)21-12-5-6-13-22(21)27/h3-15H,2,16H2,1H3,(H,29,31). The Morgan fingerprint density at radius 3 is 2.56 bits per heavy atom. The van der Waals surface area contributed by atoms with E-state index in [9.17, 15) is 14.0 Å². The molecule has 34 heavy (non-hydrogen) atoms. The van der Waals surface area contributed by atoms with Crippen molar-refractivity contribution in [3.8, 4) is 28.5 Å². The monoisotopic (exact) mass is 460 g/mol. The van der Waals surface area contributed by atoms with Crippen LogP contribution in [0.25, 0.3) is 22.8 Å². The SMILES string of the molecule is CCOC(=O)COc1cccc(NC(=O)c2ccccc2-c2ncc(-c3ccccc3F)o2)c1. The average molecular weight is 460 g/mol. The quantitative estimate of drug-likeness (QED) is 0.357. The van der Waals surface area contributed by atoms with E-state index in [0.29, 0.717) is 22.6 Å². The van der Waals surface area contributed by atoms with E-state index < -0.39 is 17.7 Å². The molecule has 172 valence electrons. The summed E-state index contributed by atoms with van der Waals surface area (Å²) in [7, 11) is 0. The lowest BCUT2D eigenvalue weighted by atomic mass is 10.1. The van der Waals surface area contributed by atoms with E-state index in [2.05, 4.69) is 10.3 Å². The summed E-state index contributed by atoms with van der Waals surface area (Å²) in [5, 5.41) is 2.80. The van der Waals surface area contributed by atoms with Gasteiger partial charge in [-0.05, 0) is 43.3 Å². The summed E-state index contributed by atoms with van der Waals surface area (Å²) >= 11 is 0. The molecule has 1 N–H and O–H groups in total. The summed E-state index contributed by atoms with van der Waals surface area (Å²) in [6.45, 7) is 1.75. The number of amides is 1. The Morgan fingerprint density at radius 2 is 1.76 bits per heavy atom. The Kier molecular flexibility index (Phi) is 6.98. The Morgan fingerprint density at radius 1 is 1.00 bits per heavy atom. The van der Waals surface area contributed by atoms with Crippen LogP contribution in [-0.4, -0.2) is 30.1 Å². The van der Waals surface area contributed by atoms with E-state index >= 15 is 0 Å². The number of anilines is 1. The molecule has 0 unspecified atom stereocenters. The third-order valence-corrected chi connectivity index (χ3v) is 4.80. The fourth-order valence-electron chi connectivity index (χ4n) is 3.26. The molecule has 0 aliphatic rings. The van der Waals surface area contributed by atoms with Crippen LogP contribution in [0.1, 0.15) is 17.3 Å². The minimum atomic E-state index is -0.480. The van der Waals surface area contributed by atoms with Crippen molar-refractivity contribution in [2.75, 3.05) is 18.5 Å². The number of carbonyl (C=O) groups excluding carboxylic acids is 2. The second kappa shape index (κ2) is 10.4. The number of ether oxygens (including phenoxy) is 2. The molecule has 0 spiro atoms. The predicted octanol–water partition coefficient (Wildman–Crippen LogP) is 5.34. The largest absolute Gasteiger partial charge is 0.482 e. The Bertz CT molecular complexity index is 1320. The van der Waals surface area contributed by atoms with E-state index in [1.165, 1.54) is 12.3 Å². The summed E-state index contributed by atoms with van der Waals surface area (Å²) < 4.78 is 30.1. The third kappa shape index (κ3) is 5.29. The number of oxazole rings is 1. The normalized spacial score (nSPS) is 10.5. The van der Waals surface area contributed by atoms with Gasteiger partial charge < -0.3 is 19.2 Å². The molecule has 4 aromatic rings. The third-order valence-electron chi connectivity index (χ3n) is 4.80. The predicted molar refractivity (Wildman–Crippen MR) is 124 cm³/mol. The summed E-state index contributed by atoms with van der Waals surface area (Å²) in [6, 6.07) is 19.7. The van der Waals surface area contributed by atoms with Crippen LogP contribution in [0.15, 0.2) is 83.4 Å². The van der Waals surface area contributed by atoms with Crippen molar-refractivity contribution in [3.63, 3.8) is 0 Å². The zero-order chi connectivity index (χ0) is 23.9. The van der Waals surface area contributed by atoms with E-state index in [4.69, 9.17) is 13.9 Å². The van der Waals surface area contributed by atoms with Crippen LogP contribution in [0, 0.1) is 5.82 Å². The highest BCUT2D eigenvalue weighted by molar-refractivity contribution is 6.08. The maximum absolute atomic E-state index is 14.1. The van der Waals surface area contributed by atoms with Crippen LogP contribution < -0.4 is 10.1 Å². The summed E-state index contributed by atoms with van der Waals surface area (Å²) in [5.74, 6) is -0.455. The van der Waals surface area contributed by atoms with Gasteiger partial charge in [0.05, 0.1) is 23.9 Å². The highest BCUT2D eigenvalue weighted by atomic mass is 19.1. The van der Waals surface area contributed by atoms with E-state index in [0.717, 1.165) is 0 Å². The molecule has 0 atom stereocenters. The zero-order valence-electron chi connectivity index (χ0n) is 18.3. The fourth-order valence-corrected chi connectivity index (χ4v) is 3.26. The van der Waals surface area contributed by atoms with E-state index in [1.54, 1.807) is 73.7 Å². The first-order valence-corrected chi connectivity index (χ1v) is 10.5. The molecular formula is C26H21FN2O5. The smallest absolute Gasteiger partial charge is 0.344 e.